The molecule has 0 saturated heterocycles. The maximum atomic E-state index is 10.7. The molecule has 4 aliphatic rings. The van der Waals surface area contributed by atoms with Crippen molar-refractivity contribution in [1.29, 1.82) is 0 Å². The van der Waals surface area contributed by atoms with E-state index in [0.29, 0.717) is 16.7 Å². The predicted octanol–water partition coefficient (Wildman–Crippen LogP) is 7.06. The molecule has 1 unspecified atom stereocenters. The van der Waals surface area contributed by atoms with Crippen LogP contribution in [0.1, 0.15) is 99.3 Å². The Hall–Kier alpha value is -0.560. The summed E-state index contributed by atoms with van der Waals surface area (Å²) in [6.45, 7) is 14.6. The van der Waals surface area contributed by atoms with Crippen molar-refractivity contribution >= 4 is 0 Å². The van der Waals surface area contributed by atoms with Gasteiger partial charge in [-0.05, 0) is 90.1 Å². The van der Waals surface area contributed by atoms with E-state index in [1.165, 1.54) is 51.4 Å². The highest BCUT2D eigenvalue weighted by Crippen LogP contribution is 2.66. The molecule has 1 N–H and O–H groups in total. The second-order valence-electron chi connectivity index (χ2n) is 11.5. The van der Waals surface area contributed by atoms with E-state index in [2.05, 4.69) is 47.6 Å². The Bertz CT molecular complexity index is 668. The zero-order chi connectivity index (χ0) is 19.6. The van der Waals surface area contributed by atoms with Crippen LogP contribution in [0.3, 0.4) is 0 Å². The minimum absolute atomic E-state index is 0.0501. The monoisotopic (exact) mass is 370 g/mol. The molecule has 0 bridgehead atoms. The number of aliphatic hydroxyl groups excluding tert-OH is 1. The number of aliphatic hydroxyl groups is 1. The Kier molecular flexibility index (Phi) is 4.74. The Morgan fingerprint density at radius 1 is 1.07 bits per heavy atom. The van der Waals surface area contributed by atoms with Gasteiger partial charge < -0.3 is 5.11 Å². The topological polar surface area (TPSA) is 20.2 Å². The van der Waals surface area contributed by atoms with Crippen LogP contribution in [0.2, 0.25) is 0 Å². The SMILES string of the molecule is CCC[C@@H](C)[C@H]1CC=C2C3=C(CC[C@@]21C)[C@@]1(C)CC[C@H](O)C(C)(C)C1CC3. The lowest BCUT2D eigenvalue weighted by atomic mass is 9.46. The van der Waals surface area contributed by atoms with Crippen molar-refractivity contribution < 1.29 is 5.11 Å². The van der Waals surface area contributed by atoms with E-state index < -0.39 is 0 Å². The maximum absolute atomic E-state index is 10.7. The average Bonchev–Trinajstić information content (AvgIpc) is 2.96. The van der Waals surface area contributed by atoms with Crippen molar-refractivity contribution in [1.82, 2.24) is 0 Å². The number of fused-ring (bicyclic) bond motifs is 4. The van der Waals surface area contributed by atoms with Gasteiger partial charge in [0, 0.05) is 0 Å². The Morgan fingerprint density at radius 2 is 1.81 bits per heavy atom. The normalized spacial score (nSPS) is 44.3. The third-order valence-electron chi connectivity index (χ3n) is 9.86. The quantitative estimate of drug-likeness (QED) is 0.563. The summed E-state index contributed by atoms with van der Waals surface area (Å²) in [5, 5.41) is 10.7. The molecule has 0 heterocycles. The number of hydrogen-bond donors (Lipinski definition) is 1. The van der Waals surface area contributed by atoms with Gasteiger partial charge in [-0.15, -0.1) is 0 Å². The molecule has 0 spiro atoms. The second kappa shape index (κ2) is 6.48. The minimum atomic E-state index is -0.128. The standard InChI is InChI=1S/C26H42O/c1-7-8-17(2)19-10-11-20-18-9-12-22-24(3,4)23(27)14-16-26(22,6)21(18)13-15-25(19,20)5/h11,17,19,22-23,27H,7-10,12-16H2,1-6H3/t17-,19-,22?,23+,25-,26-/m1/s1. The summed E-state index contributed by atoms with van der Waals surface area (Å²) >= 11 is 0. The molecule has 4 aliphatic carbocycles. The lowest BCUT2D eigenvalue weighted by molar-refractivity contribution is -0.0905. The van der Waals surface area contributed by atoms with Crippen molar-refractivity contribution in [3.63, 3.8) is 0 Å². The fraction of sp³-hybridized carbons (Fsp3) is 0.846. The van der Waals surface area contributed by atoms with Gasteiger partial charge in [0.25, 0.3) is 0 Å². The third kappa shape index (κ3) is 2.66. The Morgan fingerprint density at radius 3 is 2.52 bits per heavy atom. The smallest absolute Gasteiger partial charge is 0.0594 e. The van der Waals surface area contributed by atoms with Gasteiger partial charge in [0.2, 0.25) is 0 Å². The molecule has 0 aromatic rings. The van der Waals surface area contributed by atoms with E-state index in [1.54, 1.807) is 16.7 Å². The molecule has 1 saturated carbocycles. The molecular weight excluding hydrogens is 328 g/mol. The molecular formula is C26H42O. The number of allylic oxidation sites excluding steroid dienone is 4. The van der Waals surface area contributed by atoms with E-state index in [4.69, 9.17) is 0 Å². The minimum Gasteiger partial charge on any atom is -0.393 e. The van der Waals surface area contributed by atoms with Crippen LogP contribution < -0.4 is 0 Å². The maximum Gasteiger partial charge on any atom is 0.0594 e. The van der Waals surface area contributed by atoms with Crippen molar-refractivity contribution in [3.05, 3.63) is 22.8 Å². The summed E-state index contributed by atoms with van der Waals surface area (Å²) in [6, 6.07) is 0. The van der Waals surface area contributed by atoms with Gasteiger partial charge in [-0.25, -0.2) is 0 Å². The Labute approximate surface area is 167 Å². The highest BCUT2D eigenvalue weighted by Gasteiger charge is 2.57. The first-order valence-corrected chi connectivity index (χ1v) is 11.8. The van der Waals surface area contributed by atoms with Crippen LogP contribution >= 0.6 is 0 Å². The summed E-state index contributed by atoms with van der Waals surface area (Å²) in [7, 11) is 0. The van der Waals surface area contributed by atoms with Gasteiger partial charge in [-0.1, -0.05) is 66.0 Å². The van der Waals surface area contributed by atoms with E-state index in [-0.39, 0.29) is 11.5 Å². The van der Waals surface area contributed by atoms with Crippen LogP contribution in [0.15, 0.2) is 22.8 Å². The molecule has 27 heavy (non-hydrogen) atoms. The zero-order valence-corrected chi connectivity index (χ0v) is 18.7. The predicted molar refractivity (Wildman–Crippen MR) is 114 cm³/mol. The summed E-state index contributed by atoms with van der Waals surface area (Å²) in [6.07, 6.45) is 13.8. The van der Waals surface area contributed by atoms with Gasteiger partial charge in [0.15, 0.2) is 0 Å². The van der Waals surface area contributed by atoms with Crippen LogP contribution in [0.4, 0.5) is 0 Å². The van der Waals surface area contributed by atoms with E-state index in [1.807, 2.05) is 0 Å². The third-order valence-corrected chi connectivity index (χ3v) is 9.86. The molecule has 1 nitrogen and oxygen atoms in total. The van der Waals surface area contributed by atoms with Crippen LogP contribution in [-0.2, 0) is 0 Å². The lowest BCUT2D eigenvalue weighted by Gasteiger charge is -2.59. The average molecular weight is 371 g/mol. The van der Waals surface area contributed by atoms with Crippen LogP contribution in [0.5, 0.6) is 0 Å². The fourth-order valence-corrected chi connectivity index (χ4v) is 8.23. The van der Waals surface area contributed by atoms with Crippen molar-refractivity contribution in [2.75, 3.05) is 0 Å². The molecule has 6 atom stereocenters. The Balaban J connectivity index is 1.70. The fourth-order valence-electron chi connectivity index (χ4n) is 8.23. The highest BCUT2D eigenvalue weighted by atomic mass is 16.3. The summed E-state index contributed by atoms with van der Waals surface area (Å²) < 4.78 is 0. The van der Waals surface area contributed by atoms with Gasteiger partial charge >= 0.3 is 0 Å². The van der Waals surface area contributed by atoms with Crippen LogP contribution in [0, 0.1) is 34.0 Å². The van der Waals surface area contributed by atoms with E-state index in [0.717, 1.165) is 18.3 Å². The molecule has 4 rings (SSSR count). The van der Waals surface area contributed by atoms with Gasteiger partial charge in [-0.3, -0.25) is 0 Å². The molecule has 152 valence electrons. The molecule has 0 aliphatic heterocycles. The number of rotatable bonds is 3. The summed E-state index contributed by atoms with van der Waals surface area (Å²) in [5.74, 6) is 2.32. The summed E-state index contributed by atoms with van der Waals surface area (Å²) in [4.78, 5) is 0. The molecule has 1 heteroatoms. The van der Waals surface area contributed by atoms with Crippen molar-refractivity contribution in [2.45, 2.75) is 105 Å². The first-order valence-electron chi connectivity index (χ1n) is 11.8. The zero-order valence-electron chi connectivity index (χ0n) is 18.7. The first kappa shape index (κ1) is 19.7. The van der Waals surface area contributed by atoms with E-state index in [9.17, 15) is 5.11 Å². The van der Waals surface area contributed by atoms with Crippen LogP contribution in [-0.4, -0.2) is 11.2 Å². The molecule has 0 amide bonds. The van der Waals surface area contributed by atoms with Crippen molar-refractivity contribution in [3.8, 4) is 0 Å². The van der Waals surface area contributed by atoms with Crippen LogP contribution in [0.25, 0.3) is 0 Å². The first-order chi connectivity index (χ1) is 12.7. The van der Waals surface area contributed by atoms with Crippen molar-refractivity contribution in [2.24, 2.45) is 34.0 Å². The molecule has 1 fully saturated rings. The molecule has 0 radical (unpaired) electrons. The molecule has 0 aromatic carbocycles. The molecule has 0 aromatic heterocycles. The van der Waals surface area contributed by atoms with Gasteiger partial charge in [0.1, 0.15) is 0 Å². The number of hydrogen-bond acceptors (Lipinski definition) is 1. The van der Waals surface area contributed by atoms with Gasteiger partial charge in [0.05, 0.1) is 6.10 Å². The second-order valence-corrected chi connectivity index (χ2v) is 11.5. The van der Waals surface area contributed by atoms with Gasteiger partial charge in [-0.2, -0.15) is 0 Å². The van der Waals surface area contributed by atoms with E-state index >= 15 is 0 Å². The lowest BCUT2D eigenvalue weighted by Crippen LogP contribution is -2.53. The highest BCUT2D eigenvalue weighted by molar-refractivity contribution is 5.49. The summed E-state index contributed by atoms with van der Waals surface area (Å²) in [5.41, 5.74) is 6.09. The largest absolute Gasteiger partial charge is 0.393 e.